The molecule has 0 aliphatic heterocycles. The second-order valence-electron chi connectivity index (χ2n) is 3.55. The summed E-state index contributed by atoms with van der Waals surface area (Å²) in [6, 6.07) is 11.5. The summed E-state index contributed by atoms with van der Waals surface area (Å²) in [7, 11) is 0. The van der Waals surface area contributed by atoms with Crippen molar-refractivity contribution in [3.05, 3.63) is 53.8 Å². The van der Waals surface area contributed by atoms with E-state index in [-0.39, 0.29) is 5.82 Å². The number of ether oxygens (including phenoxy) is 1. The predicted octanol–water partition coefficient (Wildman–Crippen LogP) is 3.51. The monoisotopic (exact) mass is 217 g/mol. The topological polar surface area (TPSA) is 35.2 Å². The number of anilines is 1. The second-order valence-corrected chi connectivity index (χ2v) is 3.55. The van der Waals surface area contributed by atoms with Gasteiger partial charge < -0.3 is 10.5 Å². The van der Waals surface area contributed by atoms with Crippen molar-refractivity contribution >= 4 is 5.69 Å². The molecule has 16 heavy (non-hydrogen) atoms. The molecule has 2 nitrogen and oxygen atoms in total. The molecule has 0 aliphatic rings. The average molecular weight is 217 g/mol. The molecule has 0 spiro atoms. The maximum absolute atomic E-state index is 13.0. The van der Waals surface area contributed by atoms with Crippen molar-refractivity contribution in [3.8, 4) is 11.5 Å². The molecule has 0 saturated heterocycles. The van der Waals surface area contributed by atoms with Crippen LogP contribution in [0.3, 0.4) is 0 Å². The maximum atomic E-state index is 13.0. The van der Waals surface area contributed by atoms with Crippen molar-refractivity contribution in [2.75, 3.05) is 5.73 Å². The van der Waals surface area contributed by atoms with Crippen LogP contribution in [-0.2, 0) is 0 Å². The largest absolute Gasteiger partial charge is 0.455 e. The van der Waals surface area contributed by atoms with Gasteiger partial charge in [-0.3, -0.25) is 0 Å². The van der Waals surface area contributed by atoms with Gasteiger partial charge in [-0.15, -0.1) is 0 Å². The zero-order valence-corrected chi connectivity index (χ0v) is 8.91. The third-order valence-electron chi connectivity index (χ3n) is 2.26. The van der Waals surface area contributed by atoms with Gasteiger partial charge in [0, 0.05) is 6.07 Å². The zero-order chi connectivity index (χ0) is 11.5. The van der Waals surface area contributed by atoms with Crippen LogP contribution in [0.25, 0.3) is 0 Å². The highest BCUT2D eigenvalue weighted by Crippen LogP contribution is 2.30. The molecule has 2 aromatic carbocycles. The number of benzene rings is 2. The smallest absolute Gasteiger partial charge is 0.153 e. The highest BCUT2D eigenvalue weighted by Gasteiger charge is 2.05. The number of aryl methyl sites for hydroxylation is 1. The van der Waals surface area contributed by atoms with Gasteiger partial charge in [0.1, 0.15) is 11.6 Å². The normalized spacial score (nSPS) is 10.1. The number of halogens is 1. The van der Waals surface area contributed by atoms with Gasteiger partial charge in [0.15, 0.2) is 5.75 Å². The van der Waals surface area contributed by atoms with E-state index in [1.54, 1.807) is 18.2 Å². The SMILES string of the molecule is Cc1cccc(N)c1Oc1cccc(F)c1. The number of nitrogen functional groups attached to an aromatic ring is 1. The standard InChI is InChI=1S/C13H12FNO/c1-9-4-2-7-12(15)13(9)16-11-6-3-5-10(14)8-11/h2-8H,15H2,1H3. The van der Waals surface area contributed by atoms with E-state index < -0.39 is 0 Å². The van der Waals surface area contributed by atoms with Crippen LogP contribution in [0, 0.1) is 12.7 Å². The predicted molar refractivity (Wildman–Crippen MR) is 62.1 cm³/mol. The van der Waals surface area contributed by atoms with Crippen LogP contribution in [0.4, 0.5) is 10.1 Å². The fourth-order valence-electron chi connectivity index (χ4n) is 1.46. The summed E-state index contributed by atoms with van der Waals surface area (Å²) in [5.74, 6) is 0.693. The molecule has 0 atom stereocenters. The van der Waals surface area contributed by atoms with E-state index in [9.17, 15) is 4.39 Å². The molecule has 2 rings (SSSR count). The lowest BCUT2D eigenvalue weighted by atomic mass is 10.2. The Labute approximate surface area is 93.5 Å². The molecular formula is C13H12FNO. The summed E-state index contributed by atoms with van der Waals surface area (Å²) < 4.78 is 18.5. The summed E-state index contributed by atoms with van der Waals surface area (Å²) in [5.41, 5.74) is 7.25. The van der Waals surface area contributed by atoms with E-state index in [0.717, 1.165) is 5.56 Å². The van der Waals surface area contributed by atoms with E-state index in [0.29, 0.717) is 17.2 Å². The lowest BCUT2D eigenvalue weighted by Crippen LogP contribution is -1.94. The molecule has 0 fully saturated rings. The maximum Gasteiger partial charge on any atom is 0.153 e. The van der Waals surface area contributed by atoms with E-state index in [4.69, 9.17) is 10.5 Å². The van der Waals surface area contributed by atoms with Gasteiger partial charge in [-0.2, -0.15) is 0 Å². The molecule has 0 heterocycles. The van der Waals surface area contributed by atoms with Gasteiger partial charge in [-0.05, 0) is 30.7 Å². The van der Waals surface area contributed by atoms with Crippen molar-refractivity contribution < 1.29 is 9.13 Å². The van der Waals surface area contributed by atoms with Crippen molar-refractivity contribution in [1.29, 1.82) is 0 Å². The van der Waals surface area contributed by atoms with Gasteiger partial charge in [0.25, 0.3) is 0 Å². The molecule has 2 N–H and O–H groups in total. The van der Waals surface area contributed by atoms with Gasteiger partial charge in [0.05, 0.1) is 5.69 Å². The van der Waals surface area contributed by atoms with E-state index >= 15 is 0 Å². The Balaban J connectivity index is 2.34. The summed E-state index contributed by atoms with van der Waals surface area (Å²) in [6.45, 7) is 1.89. The van der Waals surface area contributed by atoms with Crippen LogP contribution in [0.5, 0.6) is 11.5 Å². The van der Waals surface area contributed by atoms with Crippen molar-refractivity contribution in [1.82, 2.24) is 0 Å². The minimum absolute atomic E-state index is 0.329. The van der Waals surface area contributed by atoms with Gasteiger partial charge in [-0.1, -0.05) is 18.2 Å². The lowest BCUT2D eigenvalue weighted by molar-refractivity contribution is 0.475. The molecule has 0 amide bonds. The van der Waals surface area contributed by atoms with Crippen LogP contribution in [0.15, 0.2) is 42.5 Å². The molecule has 0 radical (unpaired) electrons. The van der Waals surface area contributed by atoms with Gasteiger partial charge >= 0.3 is 0 Å². The number of rotatable bonds is 2. The summed E-state index contributed by atoms with van der Waals surface area (Å²) in [5, 5.41) is 0. The number of hydrogen-bond donors (Lipinski definition) is 1. The summed E-state index contributed by atoms with van der Waals surface area (Å²) in [6.07, 6.45) is 0. The molecule has 3 heteroatoms. The van der Waals surface area contributed by atoms with Crippen LogP contribution in [0.2, 0.25) is 0 Å². The third-order valence-corrected chi connectivity index (χ3v) is 2.26. The van der Waals surface area contributed by atoms with E-state index in [1.807, 2.05) is 19.1 Å². The van der Waals surface area contributed by atoms with Crippen LogP contribution in [-0.4, -0.2) is 0 Å². The quantitative estimate of drug-likeness (QED) is 0.781. The molecular weight excluding hydrogens is 205 g/mol. The number of nitrogens with two attached hydrogens (primary N) is 1. The molecule has 82 valence electrons. The molecule has 0 unspecified atom stereocenters. The molecule has 0 saturated carbocycles. The molecule has 0 aliphatic carbocycles. The minimum atomic E-state index is -0.329. The second kappa shape index (κ2) is 4.23. The highest BCUT2D eigenvalue weighted by atomic mass is 19.1. The highest BCUT2D eigenvalue weighted by molar-refractivity contribution is 5.57. The lowest BCUT2D eigenvalue weighted by Gasteiger charge is -2.10. The summed E-state index contributed by atoms with van der Waals surface area (Å²) >= 11 is 0. The van der Waals surface area contributed by atoms with Crippen LogP contribution < -0.4 is 10.5 Å². The van der Waals surface area contributed by atoms with E-state index in [1.165, 1.54) is 12.1 Å². The van der Waals surface area contributed by atoms with E-state index in [2.05, 4.69) is 0 Å². The third kappa shape index (κ3) is 2.14. The number of hydrogen-bond acceptors (Lipinski definition) is 2. The first-order chi connectivity index (χ1) is 7.66. The van der Waals surface area contributed by atoms with Gasteiger partial charge in [0.2, 0.25) is 0 Å². The van der Waals surface area contributed by atoms with Gasteiger partial charge in [-0.25, -0.2) is 4.39 Å². The Kier molecular flexibility index (Phi) is 2.77. The minimum Gasteiger partial charge on any atom is -0.455 e. The first-order valence-corrected chi connectivity index (χ1v) is 4.95. The van der Waals surface area contributed by atoms with Crippen molar-refractivity contribution in [2.24, 2.45) is 0 Å². The van der Waals surface area contributed by atoms with Crippen molar-refractivity contribution in [2.45, 2.75) is 6.92 Å². The molecule has 0 bridgehead atoms. The Bertz CT molecular complexity index is 491. The Morgan fingerprint density at radius 3 is 2.56 bits per heavy atom. The van der Waals surface area contributed by atoms with Crippen LogP contribution >= 0.6 is 0 Å². The van der Waals surface area contributed by atoms with Crippen molar-refractivity contribution in [3.63, 3.8) is 0 Å². The van der Waals surface area contributed by atoms with Crippen LogP contribution in [0.1, 0.15) is 5.56 Å². The zero-order valence-electron chi connectivity index (χ0n) is 8.91. The Morgan fingerprint density at radius 2 is 1.88 bits per heavy atom. The number of para-hydroxylation sites is 1. The fourth-order valence-corrected chi connectivity index (χ4v) is 1.46. The Morgan fingerprint density at radius 1 is 1.12 bits per heavy atom. The fraction of sp³-hybridized carbons (Fsp3) is 0.0769. The summed E-state index contributed by atoms with van der Waals surface area (Å²) in [4.78, 5) is 0. The first kappa shape index (κ1) is 10.5. The Hall–Kier alpha value is -2.03. The average Bonchev–Trinajstić information content (AvgIpc) is 2.24. The molecule has 0 aromatic heterocycles. The first-order valence-electron chi connectivity index (χ1n) is 4.95. The molecule has 2 aromatic rings.